The topological polar surface area (TPSA) is 6.48 Å². The van der Waals surface area contributed by atoms with Crippen molar-refractivity contribution >= 4 is 55.7 Å². The normalized spacial score (nSPS) is 11.1. The van der Waals surface area contributed by atoms with Crippen LogP contribution in [0.5, 0.6) is 0 Å². The van der Waals surface area contributed by atoms with Gasteiger partial charge in [0.15, 0.2) is 0 Å². The van der Waals surface area contributed by atoms with E-state index in [1.54, 1.807) is 0 Å². The number of nitrogens with zero attached hydrogens (tertiary/aromatic N) is 2. The van der Waals surface area contributed by atoms with E-state index in [-0.39, 0.29) is 0 Å². The van der Waals surface area contributed by atoms with Crippen LogP contribution < -0.4 is 9.80 Å². The van der Waals surface area contributed by atoms with Gasteiger partial charge < -0.3 is 9.80 Å². The van der Waals surface area contributed by atoms with Crippen LogP contribution in [0.3, 0.4) is 0 Å². The number of para-hydroxylation sites is 4. The third kappa shape index (κ3) is 7.17. The Bertz CT molecular complexity index is 3120. The molecule has 302 valence electrons. The zero-order valence-electron chi connectivity index (χ0n) is 35.3. The summed E-state index contributed by atoms with van der Waals surface area (Å²) in [6, 6.07) is 96.4. The smallest absolute Gasteiger partial charge is 0.0540 e. The van der Waals surface area contributed by atoms with E-state index in [1.165, 1.54) is 66.1 Å². The molecule has 0 aromatic heterocycles. The molecule has 0 fully saturated rings. The molecule has 0 aliphatic rings. The van der Waals surface area contributed by atoms with E-state index >= 15 is 0 Å². The Hall–Kier alpha value is -8.46. The minimum Gasteiger partial charge on any atom is -0.310 e. The number of anilines is 6. The summed E-state index contributed by atoms with van der Waals surface area (Å²) in [7, 11) is 0. The maximum atomic E-state index is 2.42. The van der Waals surface area contributed by atoms with Crippen LogP contribution in [0.4, 0.5) is 34.1 Å². The molecule has 0 bridgehead atoms. The third-order valence-corrected chi connectivity index (χ3v) is 12.2. The molecule has 0 aliphatic heterocycles. The second kappa shape index (κ2) is 17.1. The van der Waals surface area contributed by atoms with Crippen molar-refractivity contribution in [2.75, 3.05) is 9.80 Å². The second-order valence-electron chi connectivity index (χ2n) is 16.1. The van der Waals surface area contributed by atoms with Gasteiger partial charge in [-0.2, -0.15) is 0 Å². The van der Waals surface area contributed by atoms with Crippen LogP contribution in [0.25, 0.3) is 66.1 Å². The minimum absolute atomic E-state index is 1.09. The zero-order chi connectivity index (χ0) is 42.7. The molecule has 0 amide bonds. The predicted molar refractivity (Wildman–Crippen MR) is 273 cm³/mol. The molecule has 64 heavy (non-hydrogen) atoms. The molecule has 2 nitrogen and oxygen atoms in total. The lowest BCUT2D eigenvalue weighted by atomic mass is 9.85. The molecule has 0 N–H and O–H groups in total. The summed E-state index contributed by atoms with van der Waals surface area (Å²) in [5, 5.41) is 4.77. The van der Waals surface area contributed by atoms with Gasteiger partial charge in [-0.05, 0) is 116 Å². The summed E-state index contributed by atoms with van der Waals surface area (Å²) in [5.74, 6) is 0. The monoisotopic (exact) mass is 816 g/mol. The zero-order valence-corrected chi connectivity index (χ0v) is 35.3. The maximum Gasteiger partial charge on any atom is 0.0540 e. The Morgan fingerprint density at radius 1 is 0.203 bits per heavy atom. The SMILES string of the molecule is c1ccc(-c2ccccc2N(c2ccccc2)c2ccc3c(-c4ccccc4)c4cc(N(c5ccccc5)c5ccccc5-c5ccccc5)ccc4c(-c4ccccc4)c3c2)cc1. The molecule has 0 heterocycles. The molecular weight excluding hydrogens is 773 g/mol. The number of hydrogen-bond donors (Lipinski definition) is 0. The predicted octanol–water partition coefficient (Wildman–Crippen LogP) is 17.6. The van der Waals surface area contributed by atoms with Gasteiger partial charge in [0.1, 0.15) is 0 Å². The fraction of sp³-hybridized carbons (Fsp3) is 0. The van der Waals surface area contributed by atoms with E-state index in [0.29, 0.717) is 0 Å². The quantitative estimate of drug-likeness (QED) is 0.127. The van der Waals surface area contributed by atoms with Crippen LogP contribution in [0.15, 0.2) is 267 Å². The van der Waals surface area contributed by atoms with Crippen molar-refractivity contribution in [1.29, 1.82) is 0 Å². The fourth-order valence-corrected chi connectivity index (χ4v) is 9.38. The largest absolute Gasteiger partial charge is 0.310 e. The molecule has 2 heteroatoms. The molecule has 11 aromatic rings. The fourth-order valence-electron chi connectivity index (χ4n) is 9.38. The van der Waals surface area contributed by atoms with Gasteiger partial charge in [-0.1, -0.05) is 206 Å². The lowest BCUT2D eigenvalue weighted by Crippen LogP contribution is -2.11. The second-order valence-corrected chi connectivity index (χ2v) is 16.1. The maximum absolute atomic E-state index is 2.42. The van der Waals surface area contributed by atoms with Crippen molar-refractivity contribution in [3.8, 4) is 44.5 Å². The summed E-state index contributed by atoms with van der Waals surface area (Å²) in [6.07, 6.45) is 0. The van der Waals surface area contributed by atoms with E-state index in [0.717, 1.165) is 34.1 Å². The van der Waals surface area contributed by atoms with Gasteiger partial charge in [-0.15, -0.1) is 0 Å². The number of fused-ring (bicyclic) bond motifs is 2. The standard InChI is InChI=1S/C62H44N2/c1-7-23-45(24-8-1)53-35-19-21-37-59(53)63(49-31-15-5-16-32-49)51-39-41-55-57(43-51)61(47-27-11-3-12-28-47)56-42-40-52(44-58(56)62(55)48-29-13-4-14-30-48)64(50-33-17-6-18-34-50)60-38-22-20-36-54(60)46-25-9-2-10-26-46/h1-44H. The Morgan fingerprint density at radius 3 is 0.859 bits per heavy atom. The Balaban J connectivity index is 1.21. The summed E-state index contributed by atoms with van der Waals surface area (Å²) < 4.78 is 0. The average molecular weight is 817 g/mol. The molecule has 0 unspecified atom stereocenters. The Labute approximate surface area is 375 Å². The summed E-state index contributed by atoms with van der Waals surface area (Å²) >= 11 is 0. The van der Waals surface area contributed by atoms with Crippen molar-refractivity contribution < 1.29 is 0 Å². The van der Waals surface area contributed by atoms with Crippen LogP contribution in [0, 0.1) is 0 Å². The molecule has 0 atom stereocenters. The van der Waals surface area contributed by atoms with E-state index in [2.05, 4.69) is 277 Å². The van der Waals surface area contributed by atoms with Crippen LogP contribution in [0.1, 0.15) is 0 Å². The van der Waals surface area contributed by atoms with Crippen molar-refractivity contribution in [3.63, 3.8) is 0 Å². The van der Waals surface area contributed by atoms with E-state index in [1.807, 2.05) is 0 Å². The third-order valence-electron chi connectivity index (χ3n) is 12.2. The molecular formula is C62H44N2. The first-order valence-electron chi connectivity index (χ1n) is 21.9. The van der Waals surface area contributed by atoms with Gasteiger partial charge in [0, 0.05) is 33.9 Å². The molecule has 0 radical (unpaired) electrons. The van der Waals surface area contributed by atoms with Gasteiger partial charge in [0.2, 0.25) is 0 Å². The number of hydrogen-bond acceptors (Lipinski definition) is 2. The van der Waals surface area contributed by atoms with Gasteiger partial charge in [-0.25, -0.2) is 0 Å². The molecule has 0 saturated carbocycles. The lowest BCUT2D eigenvalue weighted by Gasteiger charge is -2.30. The number of benzene rings is 11. The molecule has 0 spiro atoms. The van der Waals surface area contributed by atoms with Crippen LogP contribution >= 0.6 is 0 Å². The summed E-state index contributed by atoms with van der Waals surface area (Å²) in [4.78, 5) is 4.82. The van der Waals surface area contributed by atoms with Crippen molar-refractivity contribution in [1.82, 2.24) is 0 Å². The van der Waals surface area contributed by atoms with Gasteiger partial charge in [0.25, 0.3) is 0 Å². The first-order valence-corrected chi connectivity index (χ1v) is 21.9. The van der Waals surface area contributed by atoms with Crippen LogP contribution in [-0.2, 0) is 0 Å². The highest BCUT2D eigenvalue weighted by atomic mass is 15.1. The molecule has 0 aliphatic carbocycles. The first kappa shape index (κ1) is 38.5. The van der Waals surface area contributed by atoms with E-state index < -0.39 is 0 Å². The highest BCUT2D eigenvalue weighted by Gasteiger charge is 2.24. The molecule has 0 saturated heterocycles. The highest BCUT2D eigenvalue weighted by molar-refractivity contribution is 6.22. The van der Waals surface area contributed by atoms with Gasteiger partial charge in [0.05, 0.1) is 11.4 Å². The minimum atomic E-state index is 1.09. The molecule has 11 aromatic carbocycles. The highest BCUT2D eigenvalue weighted by Crippen LogP contribution is 2.49. The van der Waals surface area contributed by atoms with E-state index in [9.17, 15) is 0 Å². The van der Waals surface area contributed by atoms with Crippen molar-refractivity contribution in [2.24, 2.45) is 0 Å². The van der Waals surface area contributed by atoms with Gasteiger partial charge >= 0.3 is 0 Å². The summed E-state index contributed by atoms with van der Waals surface area (Å²) in [6.45, 7) is 0. The Kier molecular flexibility index (Phi) is 10.3. The average Bonchev–Trinajstić information content (AvgIpc) is 3.38. The molecule has 11 rings (SSSR count). The van der Waals surface area contributed by atoms with Gasteiger partial charge in [-0.3, -0.25) is 0 Å². The Morgan fingerprint density at radius 2 is 0.500 bits per heavy atom. The van der Waals surface area contributed by atoms with Crippen LogP contribution in [-0.4, -0.2) is 0 Å². The van der Waals surface area contributed by atoms with Crippen molar-refractivity contribution in [2.45, 2.75) is 0 Å². The number of rotatable bonds is 10. The van der Waals surface area contributed by atoms with E-state index in [4.69, 9.17) is 0 Å². The van der Waals surface area contributed by atoms with Crippen LogP contribution in [0.2, 0.25) is 0 Å². The summed E-state index contributed by atoms with van der Waals surface area (Å²) in [5.41, 5.74) is 16.0. The van der Waals surface area contributed by atoms with Crippen molar-refractivity contribution in [3.05, 3.63) is 267 Å². The lowest BCUT2D eigenvalue weighted by molar-refractivity contribution is 1.29. The first-order chi connectivity index (χ1) is 31.8.